The van der Waals surface area contributed by atoms with Crippen LogP contribution in [0.25, 0.3) is 10.1 Å². The zero-order valence-electron chi connectivity index (χ0n) is 13.1. The van der Waals surface area contributed by atoms with Gasteiger partial charge in [0.1, 0.15) is 0 Å². The minimum Gasteiger partial charge on any atom is -0.396 e. The molecule has 1 aliphatic heterocycles. The number of carbonyl (C=O) groups excluding carboxylic acids is 1. The highest BCUT2D eigenvalue weighted by Gasteiger charge is 2.39. The highest BCUT2D eigenvalue weighted by molar-refractivity contribution is 7.17. The summed E-state index contributed by atoms with van der Waals surface area (Å²) in [5.41, 5.74) is 0.467. The van der Waals surface area contributed by atoms with Crippen molar-refractivity contribution in [3.05, 3.63) is 35.2 Å². The number of benzene rings is 1. The highest BCUT2D eigenvalue weighted by atomic mass is 32.1. The van der Waals surface area contributed by atoms with Crippen LogP contribution in [-0.4, -0.2) is 35.0 Å². The fourth-order valence-corrected chi connectivity index (χ4v) is 3.77. The van der Waals surface area contributed by atoms with E-state index in [1.54, 1.807) is 11.3 Å². The molecule has 1 fully saturated rings. The van der Waals surface area contributed by atoms with Gasteiger partial charge in [-0.05, 0) is 54.3 Å². The first-order valence-corrected chi connectivity index (χ1v) is 8.67. The number of thiophene rings is 1. The number of hydrogen-bond donors (Lipinski definition) is 3. The van der Waals surface area contributed by atoms with Crippen LogP contribution >= 0.6 is 11.3 Å². The molecule has 1 aromatic heterocycles. The Kier molecular flexibility index (Phi) is 4.37. The van der Waals surface area contributed by atoms with Crippen molar-refractivity contribution in [1.82, 2.24) is 10.2 Å². The van der Waals surface area contributed by atoms with Crippen LogP contribution in [0.3, 0.4) is 0 Å². The standard InChI is InChI=1S/C17H21N3O2S/c1-17(13-4-5-14-12(10-13)6-9-23-14)11-15(22)20(16(18)19-17)7-2-3-8-21/h4-6,9-10,21H,2-3,7-8,11H2,1H3,(H2,18,19)/t17-/m0/s1. The topological polar surface area (TPSA) is 76.4 Å². The molecule has 0 aliphatic carbocycles. The Labute approximate surface area is 139 Å². The van der Waals surface area contributed by atoms with Crippen molar-refractivity contribution >= 4 is 33.3 Å². The van der Waals surface area contributed by atoms with Gasteiger partial charge < -0.3 is 10.4 Å². The third-order valence-electron chi connectivity index (χ3n) is 4.35. The highest BCUT2D eigenvalue weighted by Crippen LogP contribution is 2.32. The second-order valence-corrected chi connectivity index (χ2v) is 7.08. The average Bonchev–Trinajstić information content (AvgIpc) is 2.97. The fraction of sp³-hybridized carbons (Fsp3) is 0.412. The molecule has 2 aromatic rings. The number of hydrogen-bond acceptors (Lipinski definition) is 4. The molecular weight excluding hydrogens is 310 g/mol. The SMILES string of the molecule is C[C@@]1(c2ccc3sccc3c2)CC(=O)N(CCCCO)C(=N)N1. The van der Waals surface area contributed by atoms with Crippen molar-refractivity contribution in [1.29, 1.82) is 5.41 Å². The van der Waals surface area contributed by atoms with E-state index in [0.717, 1.165) is 5.56 Å². The van der Waals surface area contributed by atoms with Crippen LogP contribution in [-0.2, 0) is 10.3 Å². The predicted octanol–water partition coefficient (Wildman–Crippen LogP) is 2.65. The van der Waals surface area contributed by atoms with E-state index in [0.29, 0.717) is 25.8 Å². The smallest absolute Gasteiger partial charge is 0.231 e. The van der Waals surface area contributed by atoms with Crippen molar-refractivity contribution in [2.75, 3.05) is 13.2 Å². The van der Waals surface area contributed by atoms with E-state index in [9.17, 15) is 4.79 Å². The molecule has 1 aromatic carbocycles. The lowest BCUT2D eigenvalue weighted by Crippen LogP contribution is -2.59. The molecule has 0 radical (unpaired) electrons. The Balaban J connectivity index is 1.80. The van der Waals surface area contributed by atoms with Crippen LogP contribution in [0.1, 0.15) is 31.7 Å². The molecule has 23 heavy (non-hydrogen) atoms. The quantitative estimate of drug-likeness (QED) is 0.737. The molecule has 1 saturated heterocycles. The van der Waals surface area contributed by atoms with E-state index in [4.69, 9.17) is 10.5 Å². The van der Waals surface area contributed by atoms with Crippen LogP contribution in [0.15, 0.2) is 29.6 Å². The molecule has 0 saturated carbocycles. The number of guanidine groups is 1. The van der Waals surface area contributed by atoms with E-state index in [1.807, 2.05) is 13.0 Å². The van der Waals surface area contributed by atoms with Gasteiger partial charge in [-0.15, -0.1) is 11.3 Å². The number of aliphatic hydroxyl groups excluding tert-OH is 1. The molecular formula is C17H21N3O2S. The van der Waals surface area contributed by atoms with Gasteiger partial charge in [-0.25, -0.2) is 0 Å². The van der Waals surface area contributed by atoms with Gasteiger partial charge >= 0.3 is 0 Å². The molecule has 2 heterocycles. The summed E-state index contributed by atoms with van der Waals surface area (Å²) < 4.78 is 1.22. The molecule has 1 aliphatic rings. The number of aliphatic hydroxyl groups is 1. The molecule has 3 N–H and O–H groups in total. The molecule has 6 heteroatoms. The van der Waals surface area contributed by atoms with Crippen LogP contribution in [0, 0.1) is 5.41 Å². The van der Waals surface area contributed by atoms with Gasteiger partial charge in [0.15, 0.2) is 5.96 Å². The number of carbonyl (C=O) groups is 1. The summed E-state index contributed by atoms with van der Waals surface area (Å²) in [4.78, 5) is 14.0. The van der Waals surface area contributed by atoms with Crippen molar-refractivity contribution in [2.45, 2.75) is 31.7 Å². The van der Waals surface area contributed by atoms with Gasteiger partial charge in [0.25, 0.3) is 0 Å². The van der Waals surface area contributed by atoms with E-state index >= 15 is 0 Å². The second-order valence-electron chi connectivity index (χ2n) is 6.13. The normalized spacial score (nSPS) is 21.7. The van der Waals surface area contributed by atoms with Gasteiger partial charge in [0, 0.05) is 17.9 Å². The fourth-order valence-electron chi connectivity index (χ4n) is 3.00. The Bertz CT molecular complexity index is 722. The summed E-state index contributed by atoms with van der Waals surface area (Å²) in [7, 11) is 0. The average molecular weight is 331 g/mol. The number of nitrogens with zero attached hydrogens (tertiary/aromatic N) is 1. The maximum absolute atomic E-state index is 12.5. The first-order chi connectivity index (χ1) is 11.0. The van der Waals surface area contributed by atoms with Crippen molar-refractivity contribution in [2.24, 2.45) is 0 Å². The number of nitrogens with one attached hydrogen (secondary N) is 2. The van der Waals surface area contributed by atoms with E-state index in [2.05, 4.69) is 28.9 Å². The molecule has 0 unspecified atom stereocenters. The summed E-state index contributed by atoms with van der Waals surface area (Å²) in [6.07, 6.45) is 1.66. The van der Waals surface area contributed by atoms with Crippen molar-refractivity contribution in [3.8, 4) is 0 Å². The van der Waals surface area contributed by atoms with Crippen molar-refractivity contribution < 1.29 is 9.90 Å². The van der Waals surface area contributed by atoms with Gasteiger partial charge in [-0.1, -0.05) is 6.07 Å². The van der Waals surface area contributed by atoms with Crippen LogP contribution in [0.4, 0.5) is 0 Å². The van der Waals surface area contributed by atoms with Gasteiger partial charge in [0.05, 0.1) is 12.0 Å². The minimum atomic E-state index is -0.558. The third-order valence-corrected chi connectivity index (χ3v) is 5.25. The summed E-state index contributed by atoms with van der Waals surface area (Å²) in [6.45, 7) is 2.56. The Morgan fingerprint density at radius 1 is 1.39 bits per heavy atom. The molecule has 122 valence electrons. The monoisotopic (exact) mass is 331 g/mol. The van der Waals surface area contributed by atoms with Gasteiger partial charge in [0.2, 0.25) is 5.91 Å². The zero-order chi connectivity index (χ0) is 16.4. The first kappa shape index (κ1) is 16.0. The van der Waals surface area contributed by atoms with Crippen molar-refractivity contribution in [3.63, 3.8) is 0 Å². The molecule has 1 atom stereocenters. The van der Waals surface area contributed by atoms with Crippen LogP contribution < -0.4 is 5.32 Å². The Hall–Kier alpha value is -1.92. The van der Waals surface area contributed by atoms with E-state index < -0.39 is 5.54 Å². The number of amides is 1. The largest absolute Gasteiger partial charge is 0.396 e. The molecule has 0 bridgehead atoms. The number of unbranched alkanes of at least 4 members (excludes halogenated alkanes) is 1. The number of fused-ring (bicyclic) bond motifs is 1. The van der Waals surface area contributed by atoms with E-state index in [1.165, 1.54) is 15.0 Å². The van der Waals surface area contributed by atoms with Crippen LogP contribution in [0.5, 0.6) is 0 Å². The lowest BCUT2D eigenvalue weighted by Gasteiger charge is -2.41. The molecule has 0 spiro atoms. The Morgan fingerprint density at radius 2 is 2.22 bits per heavy atom. The summed E-state index contributed by atoms with van der Waals surface area (Å²) in [5.74, 6) is 0.103. The summed E-state index contributed by atoms with van der Waals surface area (Å²) >= 11 is 1.70. The Morgan fingerprint density at radius 3 is 2.96 bits per heavy atom. The molecule has 3 rings (SSSR count). The van der Waals surface area contributed by atoms with Gasteiger partial charge in [-0.3, -0.25) is 15.1 Å². The lowest BCUT2D eigenvalue weighted by molar-refractivity contribution is -0.130. The maximum Gasteiger partial charge on any atom is 0.231 e. The summed E-state index contributed by atoms with van der Waals surface area (Å²) in [6, 6.07) is 8.28. The predicted molar refractivity (Wildman–Crippen MR) is 92.7 cm³/mol. The minimum absolute atomic E-state index is 0.0420. The summed E-state index contributed by atoms with van der Waals surface area (Å²) in [5, 5.41) is 23.5. The van der Waals surface area contributed by atoms with Gasteiger partial charge in [-0.2, -0.15) is 0 Å². The zero-order valence-corrected chi connectivity index (χ0v) is 13.9. The number of rotatable bonds is 5. The second kappa shape index (κ2) is 6.29. The third kappa shape index (κ3) is 3.09. The molecule has 5 nitrogen and oxygen atoms in total. The molecule has 1 amide bonds. The van der Waals surface area contributed by atoms with Crippen LogP contribution in [0.2, 0.25) is 0 Å². The van der Waals surface area contributed by atoms with E-state index in [-0.39, 0.29) is 18.5 Å². The lowest BCUT2D eigenvalue weighted by atomic mass is 9.86. The first-order valence-electron chi connectivity index (χ1n) is 7.79. The maximum atomic E-state index is 12.5.